The molecule has 2 aromatic rings. The average Bonchev–Trinajstić information content (AvgIpc) is 2.65. The van der Waals surface area contributed by atoms with Crippen molar-refractivity contribution in [1.82, 2.24) is 10.6 Å². The number of nitrogens with one attached hydrogen (secondary N) is 2. The fourth-order valence-corrected chi connectivity index (χ4v) is 2.57. The van der Waals surface area contributed by atoms with Gasteiger partial charge in [-0.3, -0.25) is 0 Å². The van der Waals surface area contributed by atoms with Crippen LogP contribution in [0.1, 0.15) is 18.1 Å². The Morgan fingerprint density at radius 3 is 2.32 bits per heavy atom. The second-order valence-corrected chi connectivity index (χ2v) is 5.83. The number of nitrogens with zero attached hydrogens (tertiary/aromatic N) is 1. The van der Waals surface area contributed by atoms with E-state index in [1.54, 1.807) is 14.2 Å². The number of ether oxygens (including phenoxy) is 2. The Labute approximate surface area is 181 Å². The minimum atomic E-state index is -0.572. The molecule has 0 atom stereocenters. The maximum atomic E-state index is 13.3. The molecule has 0 aromatic heterocycles. The second kappa shape index (κ2) is 12.4. The Hall–Kier alpha value is -2.10. The largest absolute Gasteiger partial charge is 0.497 e. The van der Waals surface area contributed by atoms with E-state index in [4.69, 9.17) is 9.47 Å². The molecule has 5 nitrogen and oxygen atoms in total. The lowest BCUT2D eigenvalue weighted by Gasteiger charge is -2.13. The van der Waals surface area contributed by atoms with Crippen molar-refractivity contribution < 1.29 is 18.3 Å². The molecule has 0 saturated heterocycles. The molecular weight excluding hydrogens is 479 g/mol. The van der Waals surface area contributed by atoms with E-state index < -0.39 is 11.6 Å². The lowest BCUT2D eigenvalue weighted by atomic mass is 10.1. The smallest absolute Gasteiger partial charge is 0.191 e. The average molecular weight is 505 g/mol. The lowest BCUT2D eigenvalue weighted by Crippen LogP contribution is -2.38. The normalized spacial score (nSPS) is 10.8. The van der Waals surface area contributed by atoms with Crippen molar-refractivity contribution in [1.29, 1.82) is 0 Å². The van der Waals surface area contributed by atoms with Crippen molar-refractivity contribution in [3.8, 4) is 11.5 Å². The molecule has 0 aliphatic rings. The third-order valence-corrected chi connectivity index (χ3v) is 3.87. The molecule has 0 unspecified atom stereocenters. The van der Waals surface area contributed by atoms with Crippen molar-refractivity contribution in [2.45, 2.75) is 19.9 Å². The number of rotatable bonds is 8. The van der Waals surface area contributed by atoms with E-state index in [0.29, 0.717) is 49.1 Å². The summed E-state index contributed by atoms with van der Waals surface area (Å²) in [4.78, 5) is 4.54. The standard InChI is InChI=1S/C20H25F2N3O2.HI/c1-4-23-20(24-8-7-14-9-16(21)11-17(22)10-14)25-13-15-5-6-18(26-2)12-19(15)27-3;/h5-6,9-12H,4,7-8,13H2,1-3H3,(H2,23,24,25);1H. The van der Waals surface area contributed by atoms with E-state index in [0.717, 1.165) is 11.6 Å². The monoisotopic (exact) mass is 505 g/mol. The SMILES string of the molecule is CCNC(=NCc1ccc(OC)cc1OC)NCCc1cc(F)cc(F)c1.I. The first kappa shape index (κ1) is 23.9. The third kappa shape index (κ3) is 7.49. The summed E-state index contributed by atoms with van der Waals surface area (Å²) in [6, 6.07) is 9.09. The number of hydrogen-bond donors (Lipinski definition) is 2. The van der Waals surface area contributed by atoms with Crippen LogP contribution in [0.3, 0.4) is 0 Å². The van der Waals surface area contributed by atoms with Gasteiger partial charge in [-0.25, -0.2) is 13.8 Å². The van der Waals surface area contributed by atoms with Crippen LogP contribution in [0.25, 0.3) is 0 Å². The van der Waals surface area contributed by atoms with Gasteiger partial charge in [-0.05, 0) is 43.2 Å². The molecule has 0 radical (unpaired) electrons. The minimum Gasteiger partial charge on any atom is -0.497 e. The number of hydrogen-bond acceptors (Lipinski definition) is 3. The number of aliphatic imine (C=N–C) groups is 1. The van der Waals surface area contributed by atoms with E-state index in [9.17, 15) is 8.78 Å². The molecule has 0 amide bonds. The number of methoxy groups -OCH3 is 2. The summed E-state index contributed by atoms with van der Waals surface area (Å²) in [6.45, 7) is 3.57. The highest BCUT2D eigenvalue weighted by atomic mass is 127. The molecule has 8 heteroatoms. The quantitative estimate of drug-likeness (QED) is 0.325. The molecule has 0 aliphatic heterocycles. The van der Waals surface area contributed by atoms with Gasteiger partial charge in [0.05, 0.1) is 20.8 Å². The number of guanidine groups is 1. The van der Waals surface area contributed by atoms with Crippen molar-refractivity contribution in [2.75, 3.05) is 27.3 Å². The van der Waals surface area contributed by atoms with Gasteiger partial charge >= 0.3 is 0 Å². The first-order chi connectivity index (χ1) is 13.0. The van der Waals surface area contributed by atoms with E-state index in [-0.39, 0.29) is 24.0 Å². The summed E-state index contributed by atoms with van der Waals surface area (Å²) >= 11 is 0. The van der Waals surface area contributed by atoms with Gasteiger partial charge in [0.15, 0.2) is 5.96 Å². The van der Waals surface area contributed by atoms with Gasteiger partial charge in [0.25, 0.3) is 0 Å². The predicted octanol–water partition coefficient (Wildman–Crippen LogP) is 3.90. The molecule has 0 saturated carbocycles. The fraction of sp³-hybridized carbons (Fsp3) is 0.350. The van der Waals surface area contributed by atoms with E-state index in [2.05, 4.69) is 15.6 Å². The zero-order valence-corrected chi connectivity index (χ0v) is 18.6. The molecule has 0 spiro atoms. The number of benzene rings is 2. The van der Waals surface area contributed by atoms with Crippen LogP contribution in [-0.2, 0) is 13.0 Å². The Kier molecular flexibility index (Phi) is 10.6. The fourth-order valence-electron chi connectivity index (χ4n) is 2.57. The van der Waals surface area contributed by atoms with E-state index in [1.165, 1.54) is 12.1 Å². The van der Waals surface area contributed by atoms with Gasteiger partial charge in [0, 0.05) is 30.8 Å². The van der Waals surface area contributed by atoms with Gasteiger partial charge in [0.2, 0.25) is 0 Å². The van der Waals surface area contributed by atoms with Crippen LogP contribution in [-0.4, -0.2) is 33.3 Å². The van der Waals surface area contributed by atoms with Gasteiger partial charge in [-0.1, -0.05) is 0 Å². The Morgan fingerprint density at radius 1 is 1.00 bits per heavy atom. The van der Waals surface area contributed by atoms with Crippen molar-refractivity contribution in [3.05, 3.63) is 59.2 Å². The first-order valence-corrected chi connectivity index (χ1v) is 8.73. The zero-order chi connectivity index (χ0) is 19.6. The molecule has 28 heavy (non-hydrogen) atoms. The third-order valence-electron chi connectivity index (χ3n) is 3.87. The molecule has 0 bridgehead atoms. The maximum Gasteiger partial charge on any atom is 0.191 e. The Balaban J connectivity index is 0.00000392. The minimum absolute atomic E-state index is 0. The molecule has 0 aliphatic carbocycles. The second-order valence-electron chi connectivity index (χ2n) is 5.83. The van der Waals surface area contributed by atoms with Crippen LogP contribution >= 0.6 is 24.0 Å². The first-order valence-electron chi connectivity index (χ1n) is 8.73. The van der Waals surface area contributed by atoms with Gasteiger partial charge in [-0.15, -0.1) is 24.0 Å². The number of halogens is 3. The lowest BCUT2D eigenvalue weighted by molar-refractivity contribution is 0.391. The summed E-state index contributed by atoms with van der Waals surface area (Å²) in [5.74, 6) is 0.887. The van der Waals surface area contributed by atoms with Crippen molar-refractivity contribution in [3.63, 3.8) is 0 Å². The van der Waals surface area contributed by atoms with E-state index >= 15 is 0 Å². The van der Waals surface area contributed by atoms with Crippen LogP contribution in [0, 0.1) is 11.6 Å². The van der Waals surface area contributed by atoms with Crippen molar-refractivity contribution in [2.24, 2.45) is 4.99 Å². The van der Waals surface area contributed by atoms with Crippen LogP contribution in [0.5, 0.6) is 11.5 Å². The Morgan fingerprint density at radius 2 is 1.71 bits per heavy atom. The summed E-state index contributed by atoms with van der Waals surface area (Å²) in [5, 5.41) is 6.31. The highest BCUT2D eigenvalue weighted by Crippen LogP contribution is 2.25. The maximum absolute atomic E-state index is 13.3. The predicted molar refractivity (Wildman–Crippen MR) is 118 cm³/mol. The van der Waals surface area contributed by atoms with Gasteiger partial charge in [-0.2, -0.15) is 0 Å². The van der Waals surface area contributed by atoms with Gasteiger partial charge < -0.3 is 20.1 Å². The molecule has 2 rings (SSSR count). The highest BCUT2D eigenvalue weighted by molar-refractivity contribution is 14.0. The molecule has 0 heterocycles. The topological polar surface area (TPSA) is 54.9 Å². The summed E-state index contributed by atoms with van der Waals surface area (Å²) in [7, 11) is 3.20. The zero-order valence-electron chi connectivity index (χ0n) is 16.2. The highest BCUT2D eigenvalue weighted by Gasteiger charge is 2.06. The molecular formula is C20H26F2IN3O2. The summed E-state index contributed by atoms with van der Waals surface area (Å²) < 4.78 is 37.1. The molecule has 154 valence electrons. The summed E-state index contributed by atoms with van der Waals surface area (Å²) in [6.07, 6.45) is 0.477. The summed E-state index contributed by atoms with van der Waals surface area (Å²) in [5.41, 5.74) is 1.51. The van der Waals surface area contributed by atoms with Crippen molar-refractivity contribution >= 4 is 29.9 Å². The molecule has 2 aromatic carbocycles. The van der Waals surface area contributed by atoms with Crippen LogP contribution in [0.15, 0.2) is 41.4 Å². The molecule has 2 N–H and O–H groups in total. The Bertz CT molecular complexity index is 768. The van der Waals surface area contributed by atoms with Crippen LogP contribution in [0.2, 0.25) is 0 Å². The van der Waals surface area contributed by atoms with Gasteiger partial charge in [0.1, 0.15) is 23.1 Å². The van der Waals surface area contributed by atoms with Crippen LogP contribution < -0.4 is 20.1 Å². The molecule has 0 fully saturated rings. The van der Waals surface area contributed by atoms with E-state index in [1.807, 2.05) is 25.1 Å². The van der Waals surface area contributed by atoms with Crippen LogP contribution in [0.4, 0.5) is 8.78 Å².